The molecule has 2 heterocycles. The van der Waals surface area contributed by atoms with Gasteiger partial charge in [-0.15, -0.1) is 5.10 Å². The molecule has 5 rings (SSSR count). The average Bonchev–Trinajstić information content (AvgIpc) is 3.56. The second kappa shape index (κ2) is 8.93. The fourth-order valence-corrected chi connectivity index (χ4v) is 3.94. The van der Waals surface area contributed by atoms with E-state index in [1.165, 1.54) is 4.68 Å². The van der Waals surface area contributed by atoms with Gasteiger partial charge in [0.15, 0.2) is 11.5 Å². The molecule has 1 aliphatic carbocycles. The highest BCUT2D eigenvalue weighted by Gasteiger charge is 2.28. The Labute approximate surface area is 190 Å². The van der Waals surface area contributed by atoms with Gasteiger partial charge in [-0.05, 0) is 47.9 Å². The number of anilines is 1. The van der Waals surface area contributed by atoms with Crippen LogP contribution in [0.2, 0.25) is 0 Å². The number of carbonyl (C=O) groups is 1. The Morgan fingerprint density at radius 1 is 1.09 bits per heavy atom. The van der Waals surface area contributed by atoms with E-state index in [4.69, 9.17) is 0 Å². The molecule has 1 amide bonds. The van der Waals surface area contributed by atoms with Gasteiger partial charge in [-0.2, -0.15) is 5.10 Å². The molecule has 0 aliphatic heterocycles. The molecule has 2 aromatic heterocycles. The number of aryl methyl sites for hydroxylation is 1. The van der Waals surface area contributed by atoms with Gasteiger partial charge in [0, 0.05) is 23.2 Å². The molecule has 9 heteroatoms. The van der Waals surface area contributed by atoms with E-state index < -0.39 is 0 Å². The quantitative estimate of drug-likeness (QED) is 0.415. The van der Waals surface area contributed by atoms with Gasteiger partial charge in [-0.25, -0.2) is 9.36 Å². The van der Waals surface area contributed by atoms with Crippen molar-refractivity contribution in [2.24, 2.45) is 0 Å². The van der Waals surface area contributed by atoms with Crippen LogP contribution >= 0.6 is 0 Å². The molecular formula is C24H25N7O2. The number of nitrogens with zero attached hydrogens (tertiary/aromatic N) is 6. The molecule has 2 aromatic carbocycles. The van der Waals surface area contributed by atoms with Crippen molar-refractivity contribution in [1.29, 1.82) is 0 Å². The zero-order valence-electron chi connectivity index (χ0n) is 18.4. The van der Waals surface area contributed by atoms with E-state index in [9.17, 15) is 9.59 Å². The van der Waals surface area contributed by atoms with Gasteiger partial charge in [0.25, 0.3) is 11.5 Å². The summed E-state index contributed by atoms with van der Waals surface area (Å²) < 4.78 is 3.25. The maximum absolute atomic E-state index is 13.3. The van der Waals surface area contributed by atoms with Crippen molar-refractivity contribution in [2.45, 2.75) is 51.6 Å². The smallest absolute Gasteiger partial charge is 0.276 e. The van der Waals surface area contributed by atoms with Crippen LogP contribution in [0.4, 0.5) is 5.69 Å². The topological polar surface area (TPSA) is 108 Å². The lowest BCUT2D eigenvalue weighted by molar-refractivity contribution is 0.102. The van der Waals surface area contributed by atoms with Gasteiger partial charge >= 0.3 is 0 Å². The van der Waals surface area contributed by atoms with E-state index in [1.54, 1.807) is 24.3 Å². The van der Waals surface area contributed by atoms with Gasteiger partial charge in [0.05, 0.1) is 11.4 Å². The van der Waals surface area contributed by atoms with E-state index >= 15 is 0 Å². The summed E-state index contributed by atoms with van der Waals surface area (Å²) in [6.07, 6.45) is 5.01. The minimum Gasteiger partial charge on any atom is -0.321 e. The van der Waals surface area contributed by atoms with Crippen LogP contribution in [0, 0.1) is 0 Å². The van der Waals surface area contributed by atoms with Crippen LogP contribution in [0.25, 0.3) is 22.2 Å². The second-order valence-corrected chi connectivity index (χ2v) is 8.34. The van der Waals surface area contributed by atoms with Crippen LogP contribution in [0.1, 0.15) is 55.6 Å². The Morgan fingerprint density at radius 2 is 1.91 bits per heavy atom. The molecule has 0 atom stereocenters. The van der Waals surface area contributed by atoms with Crippen LogP contribution < -0.4 is 10.9 Å². The Bertz CT molecular complexity index is 1370. The first-order valence-electron chi connectivity index (χ1n) is 11.3. The Hall–Kier alpha value is -3.88. The van der Waals surface area contributed by atoms with E-state index in [1.807, 2.05) is 28.9 Å². The normalized spacial score (nSPS) is 13.4. The lowest BCUT2D eigenvalue weighted by atomic mass is 10.1. The van der Waals surface area contributed by atoms with Crippen molar-refractivity contribution >= 4 is 22.4 Å². The molecule has 0 bridgehead atoms. The summed E-state index contributed by atoms with van der Waals surface area (Å²) in [4.78, 5) is 26.1. The highest BCUT2D eigenvalue weighted by atomic mass is 16.2. The number of aromatic nitrogens is 6. The number of hydrogen-bond donors (Lipinski definition) is 1. The predicted molar refractivity (Wildman–Crippen MR) is 125 cm³/mol. The molecular weight excluding hydrogens is 418 g/mol. The van der Waals surface area contributed by atoms with Crippen molar-refractivity contribution in [3.63, 3.8) is 0 Å². The molecule has 168 valence electrons. The first-order chi connectivity index (χ1) is 16.2. The van der Waals surface area contributed by atoms with Crippen LogP contribution in [-0.2, 0) is 6.54 Å². The number of fused-ring (bicyclic) bond motifs is 1. The summed E-state index contributed by atoms with van der Waals surface area (Å²) in [6.45, 7) is 2.59. The molecule has 1 saturated carbocycles. The van der Waals surface area contributed by atoms with Crippen LogP contribution in [-0.4, -0.2) is 35.9 Å². The van der Waals surface area contributed by atoms with Gasteiger partial charge < -0.3 is 5.32 Å². The van der Waals surface area contributed by atoms with Crippen LogP contribution in [0.15, 0.2) is 53.3 Å². The van der Waals surface area contributed by atoms with E-state index in [-0.39, 0.29) is 17.2 Å². The number of carbonyl (C=O) groups excluding carboxylic acids is 1. The molecule has 1 N–H and O–H groups in total. The Morgan fingerprint density at radius 3 is 2.70 bits per heavy atom. The van der Waals surface area contributed by atoms with Crippen molar-refractivity contribution < 1.29 is 4.79 Å². The number of hydrogen-bond acceptors (Lipinski definition) is 6. The molecule has 1 aliphatic rings. The molecule has 33 heavy (non-hydrogen) atoms. The van der Waals surface area contributed by atoms with Crippen molar-refractivity contribution in [2.75, 3.05) is 5.32 Å². The summed E-state index contributed by atoms with van der Waals surface area (Å²) in [5.41, 5.74) is 1.49. The monoisotopic (exact) mass is 443 g/mol. The Balaban J connectivity index is 1.46. The average molecular weight is 444 g/mol. The SMILES string of the molecule is CCCCCn1nc(C(=O)Nc2cccc(-c3nnnn3C3CC3)c2)c2ccccc2c1=O. The molecule has 9 nitrogen and oxygen atoms in total. The summed E-state index contributed by atoms with van der Waals surface area (Å²) in [6, 6.07) is 14.9. The van der Waals surface area contributed by atoms with Crippen molar-refractivity contribution in [3.05, 3.63) is 64.6 Å². The number of nitrogens with one attached hydrogen (secondary N) is 1. The molecule has 4 aromatic rings. The number of benzene rings is 2. The van der Waals surface area contributed by atoms with E-state index in [0.29, 0.717) is 34.9 Å². The lowest BCUT2D eigenvalue weighted by Gasteiger charge is -2.12. The summed E-state index contributed by atoms with van der Waals surface area (Å²) in [5, 5.41) is 20.5. The minimum absolute atomic E-state index is 0.174. The lowest BCUT2D eigenvalue weighted by Crippen LogP contribution is -2.27. The fourth-order valence-electron chi connectivity index (χ4n) is 3.94. The largest absolute Gasteiger partial charge is 0.321 e. The number of amides is 1. The molecule has 0 saturated heterocycles. The fraction of sp³-hybridized carbons (Fsp3) is 0.333. The van der Waals surface area contributed by atoms with E-state index in [0.717, 1.165) is 37.7 Å². The zero-order chi connectivity index (χ0) is 22.8. The summed E-state index contributed by atoms with van der Waals surface area (Å²) in [5.74, 6) is 0.316. The maximum atomic E-state index is 13.3. The highest BCUT2D eigenvalue weighted by molar-refractivity contribution is 6.11. The van der Waals surface area contributed by atoms with Gasteiger partial charge in [0.2, 0.25) is 0 Å². The minimum atomic E-state index is -0.366. The predicted octanol–water partition coefficient (Wildman–Crippen LogP) is 3.83. The third kappa shape index (κ3) is 4.26. The maximum Gasteiger partial charge on any atom is 0.276 e. The molecule has 0 spiro atoms. The molecule has 1 fully saturated rings. The van der Waals surface area contributed by atoms with Crippen LogP contribution in [0.3, 0.4) is 0 Å². The summed E-state index contributed by atoms with van der Waals surface area (Å²) >= 11 is 0. The standard InChI is InChI=1S/C24H25N7O2/c1-2-3-6-14-30-24(33)20-11-5-4-10-19(20)21(27-30)23(32)25-17-9-7-8-16(15-17)22-26-28-29-31(22)18-12-13-18/h4-5,7-11,15,18H,2-3,6,12-14H2,1H3,(H,25,32). The zero-order valence-corrected chi connectivity index (χ0v) is 18.4. The first kappa shape index (κ1) is 21.0. The molecule has 0 radical (unpaired) electrons. The third-order valence-electron chi connectivity index (χ3n) is 5.82. The van der Waals surface area contributed by atoms with E-state index in [2.05, 4.69) is 32.9 Å². The van der Waals surface area contributed by atoms with Crippen molar-refractivity contribution in [3.8, 4) is 11.4 Å². The van der Waals surface area contributed by atoms with Gasteiger partial charge in [0.1, 0.15) is 0 Å². The number of rotatable bonds is 8. The number of tetrazole rings is 1. The third-order valence-corrected chi connectivity index (χ3v) is 5.82. The van der Waals surface area contributed by atoms with Gasteiger partial charge in [-0.1, -0.05) is 50.1 Å². The Kier molecular flexibility index (Phi) is 5.68. The number of unbranched alkanes of at least 4 members (excludes halogenated alkanes) is 2. The van der Waals surface area contributed by atoms with Crippen molar-refractivity contribution in [1.82, 2.24) is 30.0 Å². The van der Waals surface area contributed by atoms with Crippen LogP contribution in [0.5, 0.6) is 0 Å². The molecule has 0 unspecified atom stereocenters. The van der Waals surface area contributed by atoms with Gasteiger partial charge in [-0.3, -0.25) is 9.59 Å². The summed E-state index contributed by atoms with van der Waals surface area (Å²) in [7, 11) is 0. The second-order valence-electron chi connectivity index (χ2n) is 8.34. The first-order valence-corrected chi connectivity index (χ1v) is 11.3. The highest BCUT2D eigenvalue weighted by Crippen LogP contribution is 2.36.